The fourth-order valence-corrected chi connectivity index (χ4v) is 4.56. The summed E-state index contributed by atoms with van der Waals surface area (Å²) >= 11 is 0. The number of amides is 3. The molecule has 0 spiro atoms. The number of nitrogens with one attached hydrogen (secondary N) is 1. The molecular formula is C26H30N4O9. The van der Waals surface area contributed by atoms with Crippen LogP contribution in [0.5, 0.6) is 5.75 Å². The minimum absolute atomic E-state index is 0.146. The Morgan fingerprint density at radius 2 is 1.72 bits per heavy atom. The summed E-state index contributed by atoms with van der Waals surface area (Å²) in [6, 6.07) is 6.67. The lowest BCUT2D eigenvalue weighted by Crippen LogP contribution is -2.56. The quantitative estimate of drug-likeness (QED) is 0.421. The van der Waals surface area contributed by atoms with Gasteiger partial charge in [0.05, 0.1) is 18.5 Å². The van der Waals surface area contributed by atoms with E-state index in [9.17, 15) is 34.2 Å². The van der Waals surface area contributed by atoms with E-state index in [1.807, 2.05) is 0 Å². The fraction of sp³-hybridized carbons (Fsp3) is 0.462. The van der Waals surface area contributed by atoms with Crippen molar-refractivity contribution in [1.29, 1.82) is 0 Å². The van der Waals surface area contributed by atoms with E-state index >= 15 is 0 Å². The Bertz CT molecular complexity index is 1290. The number of hydrogen-bond donors (Lipinski definition) is 3. The average molecular weight is 543 g/mol. The first-order valence-corrected chi connectivity index (χ1v) is 12.7. The molecule has 1 aliphatic heterocycles. The number of carboxylic acids is 2. The smallest absolute Gasteiger partial charge is 0.409 e. The number of pyridine rings is 1. The third-order valence-electron chi connectivity index (χ3n) is 6.87. The van der Waals surface area contributed by atoms with Crippen LogP contribution in [0.25, 0.3) is 10.9 Å². The number of fused-ring (bicyclic) bond motifs is 1. The van der Waals surface area contributed by atoms with Gasteiger partial charge in [0.25, 0.3) is 5.91 Å². The zero-order valence-corrected chi connectivity index (χ0v) is 21.4. The summed E-state index contributed by atoms with van der Waals surface area (Å²) < 4.78 is 10.9. The van der Waals surface area contributed by atoms with Gasteiger partial charge in [-0.25, -0.2) is 14.6 Å². The number of aliphatic carboxylic acids is 2. The average Bonchev–Trinajstić information content (AvgIpc) is 2.89. The molecule has 1 aromatic heterocycles. The van der Waals surface area contributed by atoms with Gasteiger partial charge < -0.3 is 34.8 Å². The van der Waals surface area contributed by atoms with Gasteiger partial charge >= 0.3 is 18.0 Å². The Kier molecular flexibility index (Phi) is 8.17. The second-order valence-corrected chi connectivity index (χ2v) is 9.41. The molecule has 2 aliphatic rings. The maximum Gasteiger partial charge on any atom is 0.409 e. The van der Waals surface area contributed by atoms with Gasteiger partial charge in [-0.2, -0.15) is 0 Å². The normalized spacial score (nSPS) is 17.1. The summed E-state index contributed by atoms with van der Waals surface area (Å²) in [5, 5.41) is 22.1. The van der Waals surface area contributed by atoms with Crippen LogP contribution in [-0.4, -0.2) is 99.3 Å². The van der Waals surface area contributed by atoms with Crippen molar-refractivity contribution in [1.82, 2.24) is 20.1 Å². The summed E-state index contributed by atoms with van der Waals surface area (Å²) in [6.07, 6.45) is 0.169. The van der Waals surface area contributed by atoms with Crippen molar-refractivity contribution in [3.05, 3.63) is 36.0 Å². The molecule has 13 heteroatoms. The fourth-order valence-electron chi connectivity index (χ4n) is 4.56. The molecule has 1 aliphatic carbocycles. The van der Waals surface area contributed by atoms with Gasteiger partial charge in [-0.1, -0.05) is 12.1 Å². The molecule has 1 saturated carbocycles. The minimum atomic E-state index is -1.40. The molecule has 0 radical (unpaired) electrons. The number of para-hydroxylation sites is 1. The number of hydrogen-bond acceptors (Lipinski definition) is 8. The number of ether oxygens (including phenoxy) is 2. The van der Waals surface area contributed by atoms with E-state index in [-0.39, 0.29) is 44.2 Å². The molecule has 3 N–H and O–H groups in total. The van der Waals surface area contributed by atoms with Crippen LogP contribution in [0.1, 0.15) is 43.1 Å². The summed E-state index contributed by atoms with van der Waals surface area (Å²) in [7, 11) is 0. The van der Waals surface area contributed by atoms with E-state index in [1.165, 1.54) is 15.9 Å². The molecule has 1 atom stereocenters. The maximum absolute atomic E-state index is 13.2. The highest BCUT2D eigenvalue weighted by molar-refractivity contribution is 6.00. The van der Waals surface area contributed by atoms with Crippen LogP contribution < -0.4 is 10.1 Å². The van der Waals surface area contributed by atoms with Crippen LogP contribution in [-0.2, 0) is 19.1 Å². The van der Waals surface area contributed by atoms with E-state index < -0.39 is 47.9 Å². The first-order chi connectivity index (χ1) is 18.6. The first-order valence-electron chi connectivity index (χ1n) is 12.7. The molecule has 2 aromatic rings. The van der Waals surface area contributed by atoms with Crippen molar-refractivity contribution in [2.45, 2.75) is 44.2 Å². The Morgan fingerprint density at radius 1 is 1.05 bits per heavy atom. The Balaban J connectivity index is 1.53. The molecule has 3 amide bonds. The van der Waals surface area contributed by atoms with Gasteiger partial charge in [-0.05, 0) is 38.3 Å². The van der Waals surface area contributed by atoms with Crippen LogP contribution in [0, 0.1) is 0 Å². The lowest BCUT2D eigenvalue weighted by Gasteiger charge is -2.38. The number of rotatable bonds is 9. The summed E-state index contributed by atoms with van der Waals surface area (Å²) in [4.78, 5) is 69.0. The molecule has 2 fully saturated rings. The monoisotopic (exact) mass is 542 g/mol. The van der Waals surface area contributed by atoms with Gasteiger partial charge in [0.1, 0.15) is 17.5 Å². The highest BCUT2D eigenvalue weighted by atomic mass is 16.6. The van der Waals surface area contributed by atoms with Crippen molar-refractivity contribution in [3.8, 4) is 5.75 Å². The number of piperazine rings is 1. The number of carboxylic acid groups (broad SMARTS) is 2. The van der Waals surface area contributed by atoms with Gasteiger partial charge in [-0.15, -0.1) is 0 Å². The predicted molar refractivity (Wildman–Crippen MR) is 135 cm³/mol. The first kappa shape index (κ1) is 27.6. The van der Waals surface area contributed by atoms with Gasteiger partial charge in [0.2, 0.25) is 11.5 Å². The Hall–Kier alpha value is -4.42. The van der Waals surface area contributed by atoms with Crippen LogP contribution in [0.4, 0.5) is 4.79 Å². The lowest BCUT2D eigenvalue weighted by atomic mass is 9.80. The van der Waals surface area contributed by atoms with Crippen LogP contribution in [0.15, 0.2) is 30.3 Å². The molecule has 2 heterocycles. The zero-order chi connectivity index (χ0) is 28.2. The number of carbonyl (C=O) groups excluding carboxylic acids is 3. The largest absolute Gasteiger partial charge is 0.481 e. The number of aromatic nitrogens is 1. The zero-order valence-electron chi connectivity index (χ0n) is 21.4. The van der Waals surface area contributed by atoms with E-state index in [0.717, 1.165) is 0 Å². The predicted octanol–water partition coefficient (Wildman–Crippen LogP) is 1.49. The highest BCUT2D eigenvalue weighted by Crippen LogP contribution is 2.39. The molecule has 4 rings (SSSR count). The molecule has 1 saturated heterocycles. The minimum Gasteiger partial charge on any atom is -0.481 e. The van der Waals surface area contributed by atoms with Crippen molar-refractivity contribution >= 4 is 40.7 Å². The summed E-state index contributed by atoms with van der Waals surface area (Å²) in [5.41, 5.74) is -1.18. The van der Waals surface area contributed by atoms with Crippen LogP contribution in [0.3, 0.4) is 0 Å². The van der Waals surface area contributed by atoms with E-state index in [0.29, 0.717) is 30.2 Å². The van der Waals surface area contributed by atoms with Crippen molar-refractivity contribution in [2.75, 3.05) is 32.8 Å². The van der Waals surface area contributed by atoms with E-state index in [4.69, 9.17) is 9.47 Å². The molecule has 1 aromatic carbocycles. The van der Waals surface area contributed by atoms with E-state index in [1.54, 1.807) is 31.2 Å². The molecule has 0 bridgehead atoms. The van der Waals surface area contributed by atoms with Gasteiger partial charge in [-0.3, -0.25) is 14.4 Å². The second-order valence-electron chi connectivity index (χ2n) is 9.41. The highest BCUT2D eigenvalue weighted by Gasteiger charge is 2.47. The molecule has 1 unspecified atom stereocenters. The molecular weight excluding hydrogens is 512 g/mol. The SMILES string of the molecule is CCOC(=O)N1CCN(C(=O)C(CC(=O)O)NC(=O)c2cc(OC3(C(=O)O)CCC3)c3ccccc3n2)CC1. The third-order valence-corrected chi connectivity index (χ3v) is 6.87. The molecule has 13 nitrogen and oxygen atoms in total. The third kappa shape index (κ3) is 6.02. The summed E-state index contributed by atoms with van der Waals surface area (Å²) in [6.45, 7) is 2.61. The van der Waals surface area contributed by atoms with Gasteiger partial charge in [0.15, 0.2) is 0 Å². The summed E-state index contributed by atoms with van der Waals surface area (Å²) in [5.74, 6) is -3.65. The van der Waals surface area contributed by atoms with Crippen molar-refractivity contribution in [2.24, 2.45) is 0 Å². The second kappa shape index (κ2) is 11.5. The van der Waals surface area contributed by atoms with Crippen molar-refractivity contribution in [3.63, 3.8) is 0 Å². The number of carbonyl (C=O) groups is 5. The standard InChI is InChI=1S/C26H30N4O9/c1-2-38-25(37)30-12-10-29(11-13-30)23(34)19(15-21(31)32)28-22(33)18-14-20(16-6-3-4-7-17(16)27-18)39-26(24(35)36)8-5-9-26/h3-4,6-7,14,19H,2,5,8-13,15H2,1H3,(H,28,33)(H,31,32)(H,35,36). The lowest BCUT2D eigenvalue weighted by molar-refractivity contribution is -0.163. The van der Waals surface area contributed by atoms with Crippen LogP contribution >= 0.6 is 0 Å². The van der Waals surface area contributed by atoms with Crippen LogP contribution in [0.2, 0.25) is 0 Å². The number of benzene rings is 1. The molecule has 39 heavy (non-hydrogen) atoms. The maximum atomic E-state index is 13.2. The Labute approximate surface area is 223 Å². The Morgan fingerprint density at radius 3 is 2.31 bits per heavy atom. The molecule has 208 valence electrons. The van der Waals surface area contributed by atoms with Gasteiger partial charge in [0, 0.05) is 37.6 Å². The van der Waals surface area contributed by atoms with Crippen molar-refractivity contribution < 1.29 is 43.7 Å². The number of nitrogens with zero attached hydrogens (tertiary/aromatic N) is 3. The van der Waals surface area contributed by atoms with E-state index in [2.05, 4.69) is 10.3 Å². The topological polar surface area (TPSA) is 176 Å².